The molecule has 0 radical (unpaired) electrons. The minimum absolute atomic E-state index is 0.0202. The van der Waals surface area contributed by atoms with Crippen molar-refractivity contribution in [1.82, 2.24) is 10.3 Å². The smallest absolute Gasteiger partial charge is 0.141 e. The monoisotopic (exact) mass is 212 g/mol. The molecule has 0 saturated carbocycles. The standard InChI is InChI=1S/C11H17FN2O/c1-3-10(15)7-13-8(2)11-5-4-9(12)6-14-11/h4-6,8,10,13,15H,3,7H2,1-2H3. The van der Waals surface area contributed by atoms with Crippen molar-refractivity contribution in [2.24, 2.45) is 0 Å². The van der Waals surface area contributed by atoms with Crippen LogP contribution in [0.4, 0.5) is 4.39 Å². The topological polar surface area (TPSA) is 45.1 Å². The zero-order chi connectivity index (χ0) is 11.3. The van der Waals surface area contributed by atoms with Gasteiger partial charge in [-0.3, -0.25) is 4.98 Å². The first-order valence-electron chi connectivity index (χ1n) is 5.16. The highest BCUT2D eigenvalue weighted by Gasteiger charge is 2.08. The molecule has 0 aliphatic carbocycles. The zero-order valence-electron chi connectivity index (χ0n) is 9.07. The summed E-state index contributed by atoms with van der Waals surface area (Å²) in [6.45, 7) is 4.38. The van der Waals surface area contributed by atoms with Crippen LogP contribution in [0.15, 0.2) is 18.3 Å². The van der Waals surface area contributed by atoms with Gasteiger partial charge in [-0.1, -0.05) is 6.92 Å². The molecule has 1 aromatic rings. The van der Waals surface area contributed by atoms with Crippen molar-refractivity contribution in [3.8, 4) is 0 Å². The average molecular weight is 212 g/mol. The number of hydrogen-bond donors (Lipinski definition) is 2. The Bertz CT molecular complexity index is 289. The van der Waals surface area contributed by atoms with Crippen molar-refractivity contribution in [1.29, 1.82) is 0 Å². The van der Waals surface area contributed by atoms with E-state index in [9.17, 15) is 9.50 Å². The van der Waals surface area contributed by atoms with Crippen LogP contribution in [0.5, 0.6) is 0 Å². The van der Waals surface area contributed by atoms with E-state index in [-0.39, 0.29) is 18.0 Å². The number of aromatic nitrogens is 1. The Labute approximate surface area is 89.4 Å². The summed E-state index contributed by atoms with van der Waals surface area (Å²) in [5.74, 6) is -0.334. The van der Waals surface area contributed by atoms with Gasteiger partial charge in [-0.05, 0) is 25.5 Å². The summed E-state index contributed by atoms with van der Waals surface area (Å²) in [6.07, 6.45) is 1.58. The highest BCUT2D eigenvalue weighted by atomic mass is 19.1. The van der Waals surface area contributed by atoms with E-state index < -0.39 is 0 Å². The SMILES string of the molecule is CCC(O)CNC(C)c1ccc(F)cn1. The Morgan fingerprint density at radius 3 is 2.80 bits per heavy atom. The van der Waals surface area contributed by atoms with Gasteiger partial charge >= 0.3 is 0 Å². The molecule has 3 nitrogen and oxygen atoms in total. The van der Waals surface area contributed by atoms with Crippen LogP contribution in [0.1, 0.15) is 32.0 Å². The van der Waals surface area contributed by atoms with Gasteiger partial charge in [0.25, 0.3) is 0 Å². The molecule has 0 saturated heterocycles. The Morgan fingerprint density at radius 1 is 1.53 bits per heavy atom. The number of aliphatic hydroxyl groups excluding tert-OH is 1. The normalized spacial score (nSPS) is 14.9. The highest BCUT2D eigenvalue weighted by molar-refractivity contribution is 5.08. The van der Waals surface area contributed by atoms with Crippen LogP contribution in [0.2, 0.25) is 0 Å². The minimum atomic E-state index is -0.340. The van der Waals surface area contributed by atoms with Crippen molar-refractivity contribution in [2.45, 2.75) is 32.4 Å². The van der Waals surface area contributed by atoms with Gasteiger partial charge in [0, 0.05) is 12.6 Å². The summed E-state index contributed by atoms with van der Waals surface area (Å²) in [4.78, 5) is 3.96. The van der Waals surface area contributed by atoms with Gasteiger partial charge in [0.1, 0.15) is 5.82 Å². The lowest BCUT2D eigenvalue weighted by Crippen LogP contribution is -2.29. The van der Waals surface area contributed by atoms with E-state index in [0.29, 0.717) is 6.54 Å². The third-order valence-electron chi connectivity index (χ3n) is 2.32. The molecule has 0 aliphatic rings. The molecule has 0 amide bonds. The fourth-order valence-corrected chi connectivity index (χ4v) is 1.21. The molecule has 4 heteroatoms. The number of aliphatic hydroxyl groups is 1. The number of halogens is 1. The van der Waals surface area contributed by atoms with Crippen molar-refractivity contribution in [3.63, 3.8) is 0 Å². The molecule has 0 aromatic carbocycles. The van der Waals surface area contributed by atoms with Crippen LogP contribution in [-0.4, -0.2) is 22.7 Å². The Kier molecular flexibility index (Phi) is 4.65. The largest absolute Gasteiger partial charge is 0.392 e. The quantitative estimate of drug-likeness (QED) is 0.780. The highest BCUT2D eigenvalue weighted by Crippen LogP contribution is 2.09. The van der Waals surface area contributed by atoms with Gasteiger partial charge < -0.3 is 10.4 Å². The number of pyridine rings is 1. The molecule has 1 heterocycles. The van der Waals surface area contributed by atoms with Crippen LogP contribution in [-0.2, 0) is 0 Å². The summed E-state index contributed by atoms with van der Waals surface area (Å²) in [7, 11) is 0. The summed E-state index contributed by atoms with van der Waals surface area (Å²) < 4.78 is 12.6. The van der Waals surface area contributed by atoms with Crippen LogP contribution < -0.4 is 5.32 Å². The van der Waals surface area contributed by atoms with E-state index in [1.807, 2.05) is 13.8 Å². The van der Waals surface area contributed by atoms with Gasteiger partial charge in [-0.15, -0.1) is 0 Å². The lowest BCUT2D eigenvalue weighted by Gasteiger charge is -2.15. The molecule has 2 N–H and O–H groups in total. The molecule has 1 rings (SSSR count). The maximum atomic E-state index is 12.6. The molecular formula is C11H17FN2O. The van der Waals surface area contributed by atoms with Gasteiger partial charge in [0.05, 0.1) is 18.0 Å². The fraction of sp³-hybridized carbons (Fsp3) is 0.545. The van der Waals surface area contributed by atoms with Crippen molar-refractivity contribution in [3.05, 3.63) is 29.8 Å². The molecule has 0 bridgehead atoms. The number of hydrogen-bond acceptors (Lipinski definition) is 3. The van der Waals surface area contributed by atoms with Gasteiger partial charge in [0.2, 0.25) is 0 Å². The molecule has 2 unspecified atom stereocenters. The second-order valence-corrected chi connectivity index (χ2v) is 3.59. The number of rotatable bonds is 5. The van der Waals surface area contributed by atoms with E-state index in [1.165, 1.54) is 12.3 Å². The van der Waals surface area contributed by atoms with E-state index in [1.54, 1.807) is 6.07 Å². The van der Waals surface area contributed by atoms with Gasteiger partial charge in [-0.2, -0.15) is 0 Å². The van der Waals surface area contributed by atoms with Crippen LogP contribution in [0.25, 0.3) is 0 Å². The predicted molar refractivity (Wildman–Crippen MR) is 56.9 cm³/mol. The van der Waals surface area contributed by atoms with E-state index >= 15 is 0 Å². The van der Waals surface area contributed by atoms with E-state index in [4.69, 9.17) is 0 Å². The Hall–Kier alpha value is -1.00. The maximum absolute atomic E-state index is 12.6. The summed E-state index contributed by atoms with van der Waals surface area (Å²) in [6, 6.07) is 3.05. The lowest BCUT2D eigenvalue weighted by atomic mass is 10.2. The second kappa shape index (κ2) is 5.78. The lowest BCUT2D eigenvalue weighted by molar-refractivity contribution is 0.163. The maximum Gasteiger partial charge on any atom is 0.141 e. The van der Waals surface area contributed by atoms with Gasteiger partial charge in [0.15, 0.2) is 0 Å². The summed E-state index contributed by atoms with van der Waals surface area (Å²) in [5, 5.41) is 12.5. The predicted octanol–water partition coefficient (Wildman–Crippen LogP) is 1.64. The van der Waals surface area contributed by atoms with Crippen molar-refractivity contribution >= 4 is 0 Å². The van der Waals surface area contributed by atoms with Crippen LogP contribution in [0.3, 0.4) is 0 Å². The fourth-order valence-electron chi connectivity index (χ4n) is 1.21. The van der Waals surface area contributed by atoms with Crippen LogP contribution in [0, 0.1) is 5.82 Å². The first kappa shape index (κ1) is 12.1. The third kappa shape index (κ3) is 3.93. The summed E-state index contributed by atoms with van der Waals surface area (Å²) >= 11 is 0. The zero-order valence-corrected chi connectivity index (χ0v) is 9.07. The Balaban J connectivity index is 2.46. The first-order chi connectivity index (χ1) is 7.13. The molecule has 0 aliphatic heterocycles. The van der Waals surface area contributed by atoms with Crippen LogP contribution >= 0.6 is 0 Å². The first-order valence-corrected chi connectivity index (χ1v) is 5.16. The summed E-state index contributed by atoms with van der Waals surface area (Å²) in [5.41, 5.74) is 0.778. The third-order valence-corrected chi connectivity index (χ3v) is 2.32. The molecule has 1 aromatic heterocycles. The minimum Gasteiger partial charge on any atom is -0.392 e. The Morgan fingerprint density at radius 2 is 2.27 bits per heavy atom. The molecule has 84 valence electrons. The van der Waals surface area contributed by atoms with E-state index in [2.05, 4.69) is 10.3 Å². The number of nitrogens with zero attached hydrogens (tertiary/aromatic N) is 1. The van der Waals surface area contributed by atoms with E-state index in [0.717, 1.165) is 12.1 Å². The second-order valence-electron chi connectivity index (χ2n) is 3.59. The molecule has 0 fully saturated rings. The molecule has 2 atom stereocenters. The molecule has 15 heavy (non-hydrogen) atoms. The van der Waals surface area contributed by atoms with Gasteiger partial charge in [-0.25, -0.2) is 4.39 Å². The molecule has 0 spiro atoms. The number of nitrogens with one attached hydrogen (secondary N) is 1. The average Bonchev–Trinajstić information content (AvgIpc) is 2.26. The van der Waals surface area contributed by atoms with Crippen molar-refractivity contribution < 1.29 is 9.50 Å². The van der Waals surface area contributed by atoms with Crippen molar-refractivity contribution in [2.75, 3.05) is 6.54 Å². The molecular weight excluding hydrogens is 195 g/mol.